The van der Waals surface area contributed by atoms with E-state index in [1.54, 1.807) is 14.1 Å². The van der Waals surface area contributed by atoms with Gasteiger partial charge in [-0.05, 0) is 94.7 Å². The quantitative estimate of drug-likeness (QED) is 0.255. The number of primary amides is 1. The second-order valence-electron chi connectivity index (χ2n) is 13.4. The Morgan fingerprint density at radius 1 is 1.16 bits per heavy atom. The fraction of sp³-hybridized carbons (Fsp3) is 0.594. The molecular weight excluding hydrogens is 588 g/mol. The van der Waals surface area contributed by atoms with Gasteiger partial charge in [-0.1, -0.05) is 11.6 Å². The molecule has 2 saturated carbocycles. The summed E-state index contributed by atoms with van der Waals surface area (Å²) >= 11 is 7.02. The number of rotatable bonds is 9. The van der Waals surface area contributed by atoms with E-state index in [0.717, 1.165) is 38.3 Å². The number of likely N-dealkylation sites (N-methyl/N-ethyl adjacent to an activating group) is 1. The molecule has 0 aromatic heterocycles. The highest BCUT2D eigenvalue weighted by Gasteiger charge is 2.64. The summed E-state index contributed by atoms with van der Waals surface area (Å²) in [6.45, 7) is 5.53. The Labute approximate surface area is 261 Å². The Hall–Kier alpha value is -2.96. The zero-order chi connectivity index (χ0) is 31.7. The van der Waals surface area contributed by atoms with Crippen molar-refractivity contribution in [1.82, 2.24) is 14.7 Å². The Morgan fingerprint density at radius 2 is 1.84 bits per heavy atom. The number of aliphatic hydroxyl groups excluding tert-OH is 2. The van der Waals surface area contributed by atoms with Crippen LogP contribution >= 0.6 is 11.6 Å². The maximum Gasteiger partial charge on any atom is 0.255 e. The molecule has 1 aliphatic heterocycles. The Bertz CT molecular complexity index is 1480. The number of Topliss-reactive ketones (excluding diaryl/α,β-unsaturated/α-hetero) is 2. The van der Waals surface area contributed by atoms with Gasteiger partial charge in [-0.15, -0.1) is 0 Å². The number of aliphatic hydroxyl groups is 3. The third kappa shape index (κ3) is 5.02. The lowest BCUT2D eigenvalue weighted by Gasteiger charge is -2.50. The van der Waals surface area contributed by atoms with Crippen molar-refractivity contribution in [2.24, 2.45) is 23.5 Å². The van der Waals surface area contributed by atoms with E-state index in [1.807, 2.05) is 0 Å². The van der Waals surface area contributed by atoms with Crippen LogP contribution in [-0.4, -0.2) is 111 Å². The average Bonchev–Trinajstić information content (AvgIpc) is 3.61. The maximum absolute atomic E-state index is 14.0. The van der Waals surface area contributed by atoms with Gasteiger partial charge < -0.3 is 31.1 Å². The minimum Gasteiger partial charge on any atom is -0.508 e. The molecule has 1 amide bonds. The summed E-state index contributed by atoms with van der Waals surface area (Å²) in [5, 5.41) is 45.9. The van der Waals surface area contributed by atoms with Gasteiger partial charge in [0.1, 0.15) is 22.8 Å². The molecule has 0 bridgehead atoms. The minimum atomic E-state index is -2.66. The molecule has 0 unspecified atom stereocenters. The molecule has 1 saturated heterocycles. The van der Waals surface area contributed by atoms with Gasteiger partial charge in [-0.3, -0.25) is 24.2 Å². The molecule has 44 heavy (non-hydrogen) atoms. The monoisotopic (exact) mass is 628 g/mol. The summed E-state index contributed by atoms with van der Waals surface area (Å²) in [5.74, 6) is -6.08. The lowest BCUT2D eigenvalue weighted by atomic mass is 9.57. The molecule has 1 heterocycles. The van der Waals surface area contributed by atoms with E-state index in [4.69, 9.17) is 17.3 Å². The van der Waals surface area contributed by atoms with Crippen LogP contribution in [0.3, 0.4) is 0 Å². The molecule has 238 valence electrons. The first-order valence-corrected chi connectivity index (χ1v) is 15.8. The normalized spacial score (nSPS) is 29.0. The van der Waals surface area contributed by atoms with E-state index < -0.39 is 58.0 Å². The number of carbonyl (C=O) groups excluding carboxylic acids is 3. The number of amides is 1. The maximum atomic E-state index is 14.0. The average molecular weight is 629 g/mol. The molecule has 0 spiro atoms. The predicted octanol–water partition coefficient (Wildman–Crippen LogP) is 1.93. The van der Waals surface area contributed by atoms with E-state index >= 15 is 0 Å². The Balaban J connectivity index is 1.37. The minimum absolute atomic E-state index is 0.0147. The highest BCUT2D eigenvalue weighted by Crippen LogP contribution is 2.53. The summed E-state index contributed by atoms with van der Waals surface area (Å²) in [6, 6.07) is 0.400. The van der Waals surface area contributed by atoms with Gasteiger partial charge in [0.15, 0.2) is 11.4 Å². The van der Waals surface area contributed by atoms with Gasteiger partial charge >= 0.3 is 0 Å². The van der Waals surface area contributed by atoms with Crippen molar-refractivity contribution < 1.29 is 34.8 Å². The number of phenolic OH excluding ortho intramolecular Hbond substituents is 1. The molecule has 1 aromatic carbocycles. The van der Waals surface area contributed by atoms with Crippen molar-refractivity contribution in [3.63, 3.8) is 0 Å². The van der Waals surface area contributed by atoms with Crippen molar-refractivity contribution in [3.8, 4) is 5.75 Å². The van der Waals surface area contributed by atoms with Gasteiger partial charge in [-0.2, -0.15) is 0 Å². The number of nitrogens with two attached hydrogens (primary N) is 1. The molecule has 4 atom stereocenters. The van der Waals surface area contributed by atoms with E-state index in [0.29, 0.717) is 23.0 Å². The number of likely N-dealkylation sites (tertiary alicyclic amines) is 1. The number of benzene rings is 1. The number of ketones is 2. The lowest BCUT2D eigenvalue weighted by Crippen LogP contribution is -2.65. The number of carbonyl (C=O) groups is 3. The van der Waals surface area contributed by atoms with Gasteiger partial charge in [0, 0.05) is 42.7 Å². The van der Waals surface area contributed by atoms with E-state index in [1.165, 1.54) is 36.6 Å². The van der Waals surface area contributed by atoms with Crippen molar-refractivity contribution in [2.75, 3.05) is 46.8 Å². The van der Waals surface area contributed by atoms with Crippen LogP contribution in [0.2, 0.25) is 5.02 Å². The van der Waals surface area contributed by atoms with Crippen molar-refractivity contribution in [3.05, 3.63) is 44.7 Å². The molecule has 0 radical (unpaired) electrons. The van der Waals surface area contributed by atoms with Gasteiger partial charge in [0.2, 0.25) is 5.78 Å². The van der Waals surface area contributed by atoms with Gasteiger partial charge in [-0.25, -0.2) is 0 Å². The topological polar surface area (TPSA) is 168 Å². The van der Waals surface area contributed by atoms with Crippen LogP contribution in [0.5, 0.6) is 5.75 Å². The Morgan fingerprint density at radius 3 is 2.45 bits per heavy atom. The zero-order valence-electron chi connectivity index (χ0n) is 25.2. The molecule has 5 aliphatic rings. The Kier molecular flexibility index (Phi) is 8.07. The van der Waals surface area contributed by atoms with E-state index in [-0.39, 0.29) is 29.7 Å². The number of hydrogen-bond donors (Lipinski definition) is 5. The number of hydrogen-bond acceptors (Lipinski definition) is 10. The van der Waals surface area contributed by atoms with Crippen LogP contribution < -0.4 is 5.73 Å². The number of fused-ring (bicyclic) bond motifs is 3. The first-order chi connectivity index (χ1) is 20.8. The molecular formula is C32H41ClN4O7. The van der Waals surface area contributed by atoms with Crippen molar-refractivity contribution >= 4 is 34.8 Å². The fourth-order valence-electron chi connectivity index (χ4n) is 7.89. The first-order valence-electron chi connectivity index (χ1n) is 15.5. The van der Waals surface area contributed by atoms with Crippen LogP contribution in [-0.2, 0) is 27.3 Å². The molecule has 6 rings (SSSR count). The molecule has 12 heteroatoms. The van der Waals surface area contributed by atoms with Crippen LogP contribution in [0.1, 0.15) is 48.8 Å². The third-order valence-electron chi connectivity index (χ3n) is 10.3. The second-order valence-corrected chi connectivity index (χ2v) is 13.8. The lowest BCUT2D eigenvalue weighted by molar-refractivity contribution is -0.153. The summed E-state index contributed by atoms with van der Waals surface area (Å²) < 4.78 is 0. The van der Waals surface area contributed by atoms with Crippen LogP contribution in [0.15, 0.2) is 23.0 Å². The number of nitrogens with zero attached hydrogens (tertiary/aromatic N) is 3. The van der Waals surface area contributed by atoms with Gasteiger partial charge in [0.25, 0.3) is 5.91 Å². The summed E-state index contributed by atoms with van der Waals surface area (Å²) in [5.41, 5.74) is 2.95. The largest absolute Gasteiger partial charge is 0.508 e. The molecule has 3 fully saturated rings. The molecule has 4 aliphatic carbocycles. The highest BCUT2D eigenvalue weighted by atomic mass is 35.5. The highest BCUT2D eigenvalue weighted by molar-refractivity contribution is 6.32. The zero-order valence-corrected chi connectivity index (χ0v) is 25.9. The number of aromatic hydroxyl groups is 1. The van der Waals surface area contributed by atoms with Crippen LogP contribution in [0.4, 0.5) is 0 Å². The predicted molar refractivity (Wildman–Crippen MR) is 163 cm³/mol. The summed E-state index contributed by atoms with van der Waals surface area (Å²) in [6.07, 6.45) is 5.05. The fourth-order valence-corrected chi connectivity index (χ4v) is 8.18. The second kappa shape index (κ2) is 11.4. The standard InChI is InChI=1S/C32H41ClN4O7/c1-35(2)26-20-12-17-11-19-23(27(39)22(17)29(41)32(20,44)30(42)24(28(26)40)31(34)43)21(38)13-18(25(19)33)15-37(14-16-5-6-16)10-9-36-7-3-4-8-36/h13,16-17,20,26,38-39,42,44H,3-12,14-15H2,1-2H3,(H2,34,43)/t17-,20-,26-,32-/m0/s1. The van der Waals surface area contributed by atoms with Crippen LogP contribution in [0.25, 0.3) is 5.76 Å². The van der Waals surface area contributed by atoms with Crippen molar-refractivity contribution in [2.45, 2.75) is 56.7 Å². The number of phenols is 1. The van der Waals surface area contributed by atoms with Gasteiger partial charge in [0.05, 0.1) is 11.6 Å². The van der Waals surface area contributed by atoms with E-state index in [2.05, 4.69) is 9.80 Å². The smallest absolute Gasteiger partial charge is 0.255 e. The summed E-state index contributed by atoms with van der Waals surface area (Å²) in [7, 11) is 3.15. The molecule has 1 aromatic rings. The number of halogens is 1. The van der Waals surface area contributed by atoms with Crippen molar-refractivity contribution in [1.29, 1.82) is 0 Å². The summed E-state index contributed by atoms with van der Waals surface area (Å²) in [4.78, 5) is 45.8. The molecule has 6 N–H and O–H groups in total. The molecule has 11 nitrogen and oxygen atoms in total. The third-order valence-corrected chi connectivity index (χ3v) is 10.7. The van der Waals surface area contributed by atoms with Crippen LogP contribution in [0, 0.1) is 17.8 Å². The van der Waals surface area contributed by atoms with E-state index in [9.17, 15) is 34.8 Å². The SMILES string of the molecule is CN(C)[C@@H]1C(=O)C(C(N)=O)=C(O)[C@@]2(O)C(=O)C3=C(O)c4c(O)cc(CN(CCN5CCCC5)CC5CC5)c(Cl)c4C[C@H]3C[C@@H]12. The first kappa shape index (κ1) is 31.0.